The van der Waals surface area contributed by atoms with Crippen LogP contribution in [0.25, 0.3) is 5.69 Å². The molecular weight excluding hydrogens is 370 g/mol. The quantitative estimate of drug-likeness (QED) is 0.807. The molecular formula is C14H12F6N4O2. The Bertz CT molecular complexity index is 798. The maximum absolute atomic E-state index is 12.6. The second-order valence-electron chi connectivity index (χ2n) is 6.25. The lowest BCUT2D eigenvalue weighted by Gasteiger charge is -2.07. The number of nitrogens with one attached hydrogen (secondary N) is 1. The molecule has 2 aromatic rings. The third-order valence-electron chi connectivity index (χ3n) is 4.24. The van der Waals surface area contributed by atoms with Gasteiger partial charge in [-0.1, -0.05) is 0 Å². The lowest BCUT2D eigenvalue weighted by atomic mass is 10.4. The molecule has 4 atom stereocenters. The minimum atomic E-state index is -4.33. The molecule has 4 rings (SSSR count). The zero-order valence-electron chi connectivity index (χ0n) is 12.9. The van der Waals surface area contributed by atoms with Crippen molar-refractivity contribution in [3.8, 4) is 17.4 Å². The van der Waals surface area contributed by atoms with Crippen LogP contribution in [-0.4, -0.2) is 44.5 Å². The van der Waals surface area contributed by atoms with Gasteiger partial charge in [-0.2, -0.15) is 26.3 Å². The van der Waals surface area contributed by atoms with Gasteiger partial charge in [0.2, 0.25) is 5.88 Å². The zero-order chi connectivity index (χ0) is 18.7. The summed E-state index contributed by atoms with van der Waals surface area (Å²) in [6.45, 7) is 0. The van der Waals surface area contributed by atoms with E-state index in [0.29, 0.717) is 0 Å². The minimum Gasteiger partial charge on any atom is -0.473 e. The number of rotatable bonds is 5. The van der Waals surface area contributed by atoms with Crippen LogP contribution in [0, 0.1) is 11.8 Å². The molecule has 2 saturated carbocycles. The number of halogens is 6. The van der Waals surface area contributed by atoms with Crippen molar-refractivity contribution >= 4 is 0 Å². The molecule has 0 radical (unpaired) electrons. The Balaban J connectivity index is 1.41. The standard InChI is InChI=1S/C14H12F6N4O2/c15-13(16,17)6-3-9(6)25-11-1-2-24(23-11)8-5-21-22-12(8)26-10-4-7(10)14(18,19)20/h1-2,5-7,9-10H,3-4H2,(H,21,22)/t6-,7+,9-,10+/m0/s1. The van der Waals surface area contributed by atoms with Crippen LogP contribution in [0.15, 0.2) is 18.5 Å². The normalized spacial score (nSPS) is 28.1. The Labute approximate surface area is 142 Å². The SMILES string of the molecule is FC(F)(F)[C@@H]1C[C@H]1Oc1n[nH]cc1-n1ccc(O[C@H]2C[C@@H]2C(F)(F)F)n1. The lowest BCUT2D eigenvalue weighted by molar-refractivity contribution is -0.154. The summed E-state index contributed by atoms with van der Waals surface area (Å²) in [6.07, 6.45) is -8.15. The average Bonchev–Trinajstić information content (AvgIpc) is 3.34. The number of alkyl halides is 6. The minimum absolute atomic E-state index is 0.0199. The van der Waals surface area contributed by atoms with Crippen LogP contribution in [-0.2, 0) is 0 Å². The molecule has 0 aromatic carbocycles. The second kappa shape index (κ2) is 5.55. The van der Waals surface area contributed by atoms with Crippen molar-refractivity contribution in [1.82, 2.24) is 20.0 Å². The van der Waals surface area contributed by atoms with Crippen LogP contribution in [0.5, 0.6) is 11.8 Å². The van der Waals surface area contributed by atoms with Gasteiger partial charge in [0.1, 0.15) is 17.9 Å². The van der Waals surface area contributed by atoms with Gasteiger partial charge >= 0.3 is 12.4 Å². The monoisotopic (exact) mass is 382 g/mol. The van der Waals surface area contributed by atoms with Crippen LogP contribution < -0.4 is 9.47 Å². The molecule has 0 bridgehead atoms. The van der Waals surface area contributed by atoms with E-state index in [2.05, 4.69) is 15.3 Å². The van der Waals surface area contributed by atoms with Crippen molar-refractivity contribution in [1.29, 1.82) is 0 Å². The summed E-state index contributed by atoms with van der Waals surface area (Å²) >= 11 is 0. The van der Waals surface area contributed by atoms with Crippen molar-refractivity contribution in [3.05, 3.63) is 18.5 Å². The molecule has 0 amide bonds. The predicted molar refractivity (Wildman–Crippen MR) is 72.9 cm³/mol. The van der Waals surface area contributed by atoms with E-state index in [4.69, 9.17) is 9.47 Å². The highest BCUT2D eigenvalue weighted by molar-refractivity contribution is 5.39. The Kier molecular flexibility index (Phi) is 3.63. The van der Waals surface area contributed by atoms with E-state index in [1.54, 1.807) is 0 Å². The third-order valence-corrected chi connectivity index (χ3v) is 4.24. The number of hydrogen-bond donors (Lipinski definition) is 1. The molecule has 2 heterocycles. The summed E-state index contributed by atoms with van der Waals surface area (Å²) in [5, 5.41) is 10.2. The topological polar surface area (TPSA) is 65.0 Å². The van der Waals surface area contributed by atoms with Gasteiger partial charge < -0.3 is 9.47 Å². The maximum Gasteiger partial charge on any atom is 0.395 e. The van der Waals surface area contributed by atoms with Gasteiger partial charge in [-0.05, 0) is 12.8 Å². The maximum atomic E-state index is 12.6. The van der Waals surface area contributed by atoms with Crippen LogP contribution in [0.1, 0.15) is 12.8 Å². The van der Waals surface area contributed by atoms with E-state index in [9.17, 15) is 26.3 Å². The Morgan fingerprint density at radius 2 is 1.62 bits per heavy atom. The molecule has 2 aliphatic rings. The first-order chi connectivity index (χ1) is 12.1. The van der Waals surface area contributed by atoms with Crippen molar-refractivity contribution in [2.75, 3.05) is 0 Å². The van der Waals surface area contributed by atoms with Crippen molar-refractivity contribution in [2.45, 2.75) is 37.4 Å². The molecule has 0 spiro atoms. The van der Waals surface area contributed by atoms with Crippen LogP contribution in [0.2, 0.25) is 0 Å². The predicted octanol–water partition coefficient (Wildman–Crippen LogP) is 3.25. The van der Waals surface area contributed by atoms with Crippen LogP contribution >= 0.6 is 0 Å². The fourth-order valence-electron chi connectivity index (χ4n) is 2.62. The Hall–Kier alpha value is -2.40. The van der Waals surface area contributed by atoms with Gasteiger partial charge in [-0.25, -0.2) is 4.68 Å². The van der Waals surface area contributed by atoms with E-state index in [1.165, 1.54) is 23.1 Å². The number of ether oxygens (including phenoxy) is 2. The summed E-state index contributed by atoms with van der Waals surface area (Å²) in [5.41, 5.74) is 0.232. The number of nitrogens with zero attached hydrogens (tertiary/aromatic N) is 3. The summed E-state index contributed by atoms with van der Waals surface area (Å²) in [7, 11) is 0. The van der Waals surface area contributed by atoms with Gasteiger partial charge in [0.05, 0.1) is 18.0 Å². The molecule has 26 heavy (non-hydrogen) atoms. The number of aromatic nitrogens is 4. The van der Waals surface area contributed by atoms with E-state index < -0.39 is 36.4 Å². The molecule has 6 nitrogen and oxygen atoms in total. The van der Waals surface area contributed by atoms with E-state index in [0.717, 1.165) is 0 Å². The summed E-state index contributed by atoms with van der Waals surface area (Å²) in [6, 6.07) is 1.36. The first kappa shape index (κ1) is 17.0. The zero-order valence-corrected chi connectivity index (χ0v) is 12.9. The highest BCUT2D eigenvalue weighted by Crippen LogP contribution is 2.48. The molecule has 0 saturated heterocycles. The number of H-pyrrole nitrogens is 1. The first-order valence-corrected chi connectivity index (χ1v) is 7.69. The summed E-state index contributed by atoms with van der Waals surface area (Å²) < 4.78 is 86.8. The van der Waals surface area contributed by atoms with E-state index in [-0.39, 0.29) is 30.3 Å². The molecule has 2 aromatic heterocycles. The molecule has 2 fully saturated rings. The summed E-state index contributed by atoms with van der Waals surface area (Å²) in [5.74, 6) is -3.13. The van der Waals surface area contributed by atoms with E-state index >= 15 is 0 Å². The highest BCUT2D eigenvalue weighted by Gasteiger charge is 2.58. The molecule has 0 aliphatic heterocycles. The third kappa shape index (κ3) is 3.31. The molecule has 12 heteroatoms. The first-order valence-electron chi connectivity index (χ1n) is 7.69. The van der Waals surface area contributed by atoms with Gasteiger partial charge in [-0.3, -0.25) is 5.10 Å². The molecule has 0 unspecified atom stereocenters. The molecule has 1 N–H and O–H groups in total. The van der Waals surface area contributed by atoms with E-state index in [1.807, 2.05) is 0 Å². The van der Waals surface area contributed by atoms with Crippen LogP contribution in [0.4, 0.5) is 26.3 Å². The van der Waals surface area contributed by atoms with Gasteiger partial charge in [0.25, 0.3) is 5.88 Å². The second-order valence-corrected chi connectivity index (χ2v) is 6.25. The van der Waals surface area contributed by atoms with Gasteiger partial charge in [0.15, 0.2) is 0 Å². The smallest absolute Gasteiger partial charge is 0.395 e. The summed E-state index contributed by atoms with van der Waals surface area (Å²) in [4.78, 5) is 0. The van der Waals surface area contributed by atoms with Gasteiger partial charge in [-0.15, -0.1) is 10.2 Å². The van der Waals surface area contributed by atoms with Crippen molar-refractivity contribution in [3.63, 3.8) is 0 Å². The molecule has 142 valence electrons. The van der Waals surface area contributed by atoms with Crippen LogP contribution in [0.3, 0.4) is 0 Å². The van der Waals surface area contributed by atoms with Crippen molar-refractivity contribution < 1.29 is 35.8 Å². The van der Waals surface area contributed by atoms with Gasteiger partial charge in [0, 0.05) is 12.3 Å². The average molecular weight is 382 g/mol. The largest absolute Gasteiger partial charge is 0.473 e. The molecule has 2 aliphatic carbocycles. The number of aromatic amines is 1. The fourth-order valence-corrected chi connectivity index (χ4v) is 2.62. The fraction of sp³-hybridized carbons (Fsp3) is 0.571. The highest BCUT2D eigenvalue weighted by atomic mass is 19.4. The van der Waals surface area contributed by atoms with Crippen molar-refractivity contribution in [2.24, 2.45) is 11.8 Å². The number of hydrogen-bond acceptors (Lipinski definition) is 4. The Morgan fingerprint density at radius 1 is 1.00 bits per heavy atom. The lowest BCUT2D eigenvalue weighted by Crippen LogP contribution is -2.16. The Morgan fingerprint density at radius 3 is 2.19 bits per heavy atom.